The van der Waals surface area contributed by atoms with Crippen molar-refractivity contribution in [1.29, 1.82) is 0 Å². The van der Waals surface area contributed by atoms with Gasteiger partial charge in [0.2, 0.25) is 21.8 Å². The molecule has 3 aromatic carbocycles. The van der Waals surface area contributed by atoms with Crippen LogP contribution in [0.2, 0.25) is 5.02 Å². The molecule has 2 amide bonds. The molecule has 0 fully saturated rings. The van der Waals surface area contributed by atoms with Gasteiger partial charge >= 0.3 is 6.18 Å². The van der Waals surface area contributed by atoms with Gasteiger partial charge in [0.1, 0.15) is 12.6 Å². The third kappa shape index (κ3) is 9.22. The second-order valence-corrected chi connectivity index (χ2v) is 11.8. The van der Waals surface area contributed by atoms with E-state index in [0.29, 0.717) is 33.9 Å². The molecule has 7 nitrogen and oxygen atoms in total. The number of benzene rings is 3. The Morgan fingerprint density at radius 3 is 2.22 bits per heavy atom. The Labute approximate surface area is 243 Å². The van der Waals surface area contributed by atoms with Gasteiger partial charge in [-0.3, -0.25) is 13.9 Å². The summed E-state index contributed by atoms with van der Waals surface area (Å²) in [5.41, 5.74) is -0.0516. The van der Waals surface area contributed by atoms with Crippen molar-refractivity contribution in [3.8, 4) is 0 Å². The molecule has 3 aromatic rings. The first-order valence-electron chi connectivity index (χ1n) is 12.8. The van der Waals surface area contributed by atoms with Crippen LogP contribution in [-0.2, 0) is 38.8 Å². The first-order chi connectivity index (χ1) is 19.3. The highest BCUT2D eigenvalue weighted by Crippen LogP contribution is 2.32. The summed E-state index contributed by atoms with van der Waals surface area (Å²) in [7, 11) is -4.21. The predicted molar refractivity (Wildman–Crippen MR) is 153 cm³/mol. The fraction of sp³-hybridized carbons (Fsp3) is 0.310. The molecule has 0 aromatic heterocycles. The van der Waals surface area contributed by atoms with Gasteiger partial charge in [-0.25, -0.2) is 8.42 Å². The molecule has 0 heterocycles. The van der Waals surface area contributed by atoms with Gasteiger partial charge in [0.05, 0.1) is 17.5 Å². The van der Waals surface area contributed by atoms with E-state index in [1.54, 1.807) is 48.5 Å². The van der Waals surface area contributed by atoms with E-state index in [4.69, 9.17) is 11.6 Å². The highest BCUT2D eigenvalue weighted by atomic mass is 35.5. The highest BCUT2D eigenvalue weighted by molar-refractivity contribution is 7.92. The van der Waals surface area contributed by atoms with Gasteiger partial charge in [0.15, 0.2) is 0 Å². The van der Waals surface area contributed by atoms with Gasteiger partial charge in [-0.2, -0.15) is 13.2 Å². The van der Waals surface area contributed by atoms with E-state index < -0.39 is 46.2 Å². The van der Waals surface area contributed by atoms with Crippen LogP contribution < -0.4 is 9.62 Å². The molecule has 0 radical (unpaired) electrons. The second-order valence-electron chi connectivity index (χ2n) is 9.47. The van der Waals surface area contributed by atoms with E-state index in [0.717, 1.165) is 24.0 Å². The van der Waals surface area contributed by atoms with E-state index in [1.165, 1.54) is 11.0 Å². The van der Waals surface area contributed by atoms with Crippen LogP contribution in [0, 0.1) is 0 Å². The van der Waals surface area contributed by atoms with Crippen LogP contribution in [0.1, 0.15) is 30.0 Å². The van der Waals surface area contributed by atoms with Crippen molar-refractivity contribution in [3.63, 3.8) is 0 Å². The molecule has 3 rings (SSSR count). The average molecular weight is 610 g/mol. The number of nitrogens with one attached hydrogen (secondary N) is 1. The normalized spacial score (nSPS) is 12.4. The Kier molecular flexibility index (Phi) is 10.8. The number of sulfonamides is 1. The zero-order valence-corrected chi connectivity index (χ0v) is 24.1. The Balaban J connectivity index is 2.07. The Morgan fingerprint density at radius 1 is 0.951 bits per heavy atom. The van der Waals surface area contributed by atoms with E-state index in [-0.39, 0.29) is 18.7 Å². The second kappa shape index (κ2) is 13.9. The first kappa shape index (κ1) is 32.0. The number of carbonyl (C=O) groups is 2. The number of rotatable bonds is 12. The van der Waals surface area contributed by atoms with Crippen LogP contribution in [0.5, 0.6) is 0 Å². The van der Waals surface area contributed by atoms with Crippen LogP contribution in [-0.4, -0.2) is 50.5 Å². The lowest BCUT2D eigenvalue weighted by molar-refractivity contribution is -0.140. The Morgan fingerprint density at radius 2 is 1.61 bits per heavy atom. The van der Waals surface area contributed by atoms with Gasteiger partial charge < -0.3 is 10.2 Å². The molecular formula is C29H31ClF3N3O4S. The van der Waals surface area contributed by atoms with Crippen LogP contribution in [0.4, 0.5) is 18.9 Å². The first-order valence-corrected chi connectivity index (χ1v) is 15.0. The Hall–Kier alpha value is -3.57. The summed E-state index contributed by atoms with van der Waals surface area (Å²) in [5, 5.41) is 3.20. The van der Waals surface area contributed by atoms with Gasteiger partial charge in [0.25, 0.3) is 0 Å². The summed E-state index contributed by atoms with van der Waals surface area (Å²) < 4.78 is 66.3. The summed E-state index contributed by atoms with van der Waals surface area (Å²) in [4.78, 5) is 28.6. The molecule has 1 atom stereocenters. The predicted octanol–water partition coefficient (Wildman–Crippen LogP) is 5.29. The minimum Gasteiger partial charge on any atom is -0.354 e. The summed E-state index contributed by atoms with van der Waals surface area (Å²) >= 11 is 6.16. The lowest BCUT2D eigenvalue weighted by Gasteiger charge is -2.33. The largest absolute Gasteiger partial charge is 0.416 e. The van der Waals surface area contributed by atoms with Crippen LogP contribution in [0.15, 0.2) is 78.9 Å². The topological polar surface area (TPSA) is 86.8 Å². The van der Waals surface area contributed by atoms with Crippen molar-refractivity contribution < 1.29 is 31.2 Å². The number of halogens is 4. The van der Waals surface area contributed by atoms with Gasteiger partial charge in [0, 0.05) is 24.5 Å². The van der Waals surface area contributed by atoms with Crippen molar-refractivity contribution in [3.05, 3.63) is 101 Å². The zero-order chi connectivity index (χ0) is 30.2. The quantitative estimate of drug-likeness (QED) is 0.302. The number of alkyl halides is 3. The van der Waals surface area contributed by atoms with Gasteiger partial charge in [-0.05, 0) is 47.9 Å². The minimum atomic E-state index is -4.72. The molecule has 0 spiro atoms. The van der Waals surface area contributed by atoms with Gasteiger partial charge in [-0.15, -0.1) is 0 Å². The van der Waals surface area contributed by atoms with Crippen LogP contribution >= 0.6 is 11.6 Å². The van der Waals surface area contributed by atoms with Crippen LogP contribution in [0.3, 0.4) is 0 Å². The molecule has 0 saturated carbocycles. The minimum absolute atomic E-state index is 0.101. The molecule has 12 heteroatoms. The number of amides is 2. The van der Waals surface area contributed by atoms with Crippen molar-refractivity contribution in [1.82, 2.24) is 10.2 Å². The number of carbonyl (C=O) groups excluding carboxylic acids is 2. The number of hydrogen-bond donors (Lipinski definition) is 1. The lowest BCUT2D eigenvalue weighted by Crippen LogP contribution is -2.53. The molecule has 0 saturated heterocycles. The van der Waals surface area contributed by atoms with Gasteiger partial charge in [-0.1, -0.05) is 67.1 Å². The molecule has 0 aliphatic rings. The molecular weight excluding hydrogens is 579 g/mol. The average Bonchev–Trinajstić information content (AvgIpc) is 2.91. The maximum Gasteiger partial charge on any atom is 0.416 e. The third-order valence-corrected chi connectivity index (χ3v) is 7.58. The highest BCUT2D eigenvalue weighted by Gasteiger charge is 2.35. The molecule has 1 N–H and O–H groups in total. The molecule has 41 heavy (non-hydrogen) atoms. The maximum absolute atomic E-state index is 13.9. The molecule has 0 unspecified atom stereocenters. The number of anilines is 1. The summed E-state index contributed by atoms with van der Waals surface area (Å²) in [5.74, 6) is -1.23. The smallest absolute Gasteiger partial charge is 0.354 e. The SMILES string of the molecule is CCCNC(=O)[C@H](Cc1ccccc1)N(Cc1cccc(Cl)c1)C(=O)CN(c1cccc(C(F)(F)F)c1)S(C)(=O)=O. The number of hydrogen-bond acceptors (Lipinski definition) is 4. The summed E-state index contributed by atoms with van der Waals surface area (Å²) in [6.07, 6.45) is -3.16. The summed E-state index contributed by atoms with van der Waals surface area (Å²) in [6.45, 7) is 1.30. The molecule has 0 aliphatic carbocycles. The van der Waals surface area contributed by atoms with Crippen molar-refractivity contribution in [2.75, 3.05) is 23.7 Å². The maximum atomic E-state index is 13.9. The summed E-state index contributed by atoms with van der Waals surface area (Å²) in [6, 6.07) is 18.3. The van der Waals surface area contributed by atoms with Crippen molar-refractivity contribution >= 4 is 39.1 Å². The standard InChI is InChI=1S/C29H31ClF3N3O4S/c1-3-15-34-28(38)26(17-21-9-5-4-6-10-21)35(19-22-11-7-13-24(30)16-22)27(37)20-36(41(2,39)40)25-14-8-12-23(18-25)29(31,32)33/h4-14,16,18,26H,3,15,17,19-20H2,1-2H3,(H,34,38)/t26-/m0/s1. The van der Waals surface area contributed by atoms with Crippen molar-refractivity contribution in [2.45, 2.75) is 38.5 Å². The number of nitrogens with zero attached hydrogens (tertiary/aromatic N) is 2. The molecule has 0 bridgehead atoms. The third-order valence-electron chi connectivity index (χ3n) is 6.20. The van der Waals surface area contributed by atoms with E-state index in [9.17, 15) is 31.2 Å². The van der Waals surface area contributed by atoms with E-state index >= 15 is 0 Å². The monoisotopic (exact) mass is 609 g/mol. The van der Waals surface area contributed by atoms with E-state index in [2.05, 4.69) is 5.32 Å². The van der Waals surface area contributed by atoms with E-state index in [1.807, 2.05) is 13.0 Å². The molecule has 0 aliphatic heterocycles. The fourth-order valence-corrected chi connectivity index (χ4v) is 5.26. The van der Waals surface area contributed by atoms with Crippen molar-refractivity contribution in [2.24, 2.45) is 0 Å². The fourth-order valence-electron chi connectivity index (χ4n) is 4.20. The van der Waals surface area contributed by atoms with Crippen LogP contribution in [0.25, 0.3) is 0 Å². The lowest BCUT2D eigenvalue weighted by atomic mass is 10.0. The molecule has 220 valence electrons. The Bertz CT molecular complexity index is 1450. The zero-order valence-electron chi connectivity index (χ0n) is 22.6.